The largest absolute Gasteiger partial charge is 0.481 e. The second-order valence-corrected chi connectivity index (χ2v) is 14.8. The molecule has 4 fully saturated rings. The molecule has 184 valence electrons. The third kappa shape index (κ3) is 2.80. The van der Waals surface area contributed by atoms with Gasteiger partial charge in [0, 0.05) is 11.8 Å². The third-order valence-electron chi connectivity index (χ3n) is 13.0. The molecule has 4 saturated carbocycles. The summed E-state index contributed by atoms with van der Waals surface area (Å²) in [6.07, 6.45) is 12.6. The molecule has 5 aliphatic rings. The zero-order valence-corrected chi connectivity index (χ0v) is 22.1. The first-order chi connectivity index (χ1) is 15.1. The number of hydrogen-bond acceptors (Lipinski definition) is 2. The Morgan fingerprint density at radius 3 is 2.24 bits per heavy atom. The van der Waals surface area contributed by atoms with Crippen LogP contribution >= 0.6 is 0 Å². The van der Waals surface area contributed by atoms with Crippen molar-refractivity contribution >= 4 is 11.8 Å². The SMILES string of the molecule is CC1(C)CCC(=O)[C@]2(C)[C@H]3CC=C4[C@@H]5C[C@](C)(C(=O)O)CC[C@]5(C)CC[C@@]4(C)[C@]3(C)CC[C@@H]12. The van der Waals surface area contributed by atoms with Crippen LogP contribution < -0.4 is 0 Å². The number of allylic oxidation sites excluding steroid dienone is 2. The Labute approximate surface area is 201 Å². The van der Waals surface area contributed by atoms with Crippen molar-refractivity contribution in [1.29, 1.82) is 0 Å². The van der Waals surface area contributed by atoms with Crippen LogP contribution in [-0.4, -0.2) is 16.9 Å². The minimum atomic E-state index is -0.625. The summed E-state index contributed by atoms with van der Waals surface area (Å²) < 4.78 is 0. The van der Waals surface area contributed by atoms with Crippen LogP contribution in [0.3, 0.4) is 0 Å². The minimum Gasteiger partial charge on any atom is -0.481 e. The Morgan fingerprint density at radius 2 is 1.58 bits per heavy atom. The Morgan fingerprint density at radius 1 is 0.909 bits per heavy atom. The van der Waals surface area contributed by atoms with Crippen LogP contribution in [-0.2, 0) is 9.59 Å². The second kappa shape index (κ2) is 6.76. The van der Waals surface area contributed by atoms with Gasteiger partial charge in [-0.25, -0.2) is 0 Å². The summed E-state index contributed by atoms with van der Waals surface area (Å²) in [6, 6.07) is 0. The molecule has 0 bridgehead atoms. The Hall–Kier alpha value is -1.12. The maximum atomic E-state index is 13.7. The predicted molar refractivity (Wildman–Crippen MR) is 132 cm³/mol. The number of ketones is 1. The van der Waals surface area contributed by atoms with E-state index in [4.69, 9.17) is 0 Å². The number of carboxylic acid groups (broad SMARTS) is 1. The molecule has 3 heteroatoms. The highest BCUT2D eigenvalue weighted by Crippen LogP contribution is 2.75. The lowest BCUT2D eigenvalue weighted by Crippen LogP contribution is -2.65. The lowest BCUT2D eigenvalue weighted by atomic mass is 9.33. The molecule has 0 aromatic rings. The minimum absolute atomic E-state index is 0.0622. The lowest BCUT2D eigenvalue weighted by molar-refractivity contribution is -0.187. The summed E-state index contributed by atoms with van der Waals surface area (Å²) in [4.78, 5) is 25.9. The average Bonchev–Trinajstić information content (AvgIpc) is 2.73. The summed E-state index contributed by atoms with van der Waals surface area (Å²) in [5, 5.41) is 10.1. The average molecular weight is 455 g/mol. The molecule has 0 saturated heterocycles. The van der Waals surface area contributed by atoms with Crippen LogP contribution in [0.1, 0.15) is 113 Å². The van der Waals surface area contributed by atoms with E-state index in [1.165, 1.54) is 19.3 Å². The normalized spacial score (nSPS) is 53.1. The summed E-state index contributed by atoms with van der Waals surface area (Å²) in [6.45, 7) is 16.6. The fraction of sp³-hybridized carbons (Fsp3) is 0.867. The van der Waals surface area contributed by atoms with Crippen molar-refractivity contribution in [2.24, 2.45) is 50.2 Å². The van der Waals surface area contributed by atoms with Gasteiger partial charge in [-0.2, -0.15) is 0 Å². The Bertz CT molecular complexity index is 931. The highest BCUT2D eigenvalue weighted by Gasteiger charge is 2.69. The van der Waals surface area contributed by atoms with E-state index in [9.17, 15) is 14.7 Å². The van der Waals surface area contributed by atoms with E-state index in [2.05, 4.69) is 47.6 Å². The molecule has 0 radical (unpaired) electrons. The number of aliphatic carboxylic acids is 1. The van der Waals surface area contributed by atoms with Crippen LogP contribution in [0, 0.1) is 50.2 Å². The van der Waals surface area contributed by atoms with Crippen molar-refractivity contribution in [1.82, 2.24) is 0 Å². The molecule has 8 atom stereocenters. The van der Waals surface area contributed by atoms with Gasteiger partial charge in [-0.15, -0.1) is 0 Å². The fourth-order valence-electron chi connectivity index (χ4n) is 10.3. The second-order valence-electron chi connectivity index (χ2n) is 14.8. The van der Waals surface area contributed by atoms with Gasteiger partial charge in [-0.3, -0.25) is 9.59 Å². The highest BCUT2D eigenvalue weighted by molar-refractivity contribution is 5.86. The van der Waals surface area contributed by atoms with Crippen LogP contribution in [0.2, 0.25) is 0 Å². The van der Waals surface area contributed by atoms with Gasteiger partial charge < -0.3 is 5.11 Å². The monoisotopic (exact) mass is 454 g/mol. The number of fused-ring (bicyclic) bond motifs is 7. The Kier molecular flexibility index (Phi) is 4.83. The van der Waals surface area contributed by atoms with Gasteiger partial charge in [-0.05, 0) is 104 Å². The van der Waals surface area contributed by atoms with Crippen molar-refractivity contribution in [3.05, 3.63) is 11.6 Å². The van der Waals surface area contributed by atoms with Crippen LogP contribution in [0.4, 0.5) is 0 Å². The summed E-state index contributed by atoms with van der Waals surface area (Å²) in [5.74, 6) is 1.11. The molecule has 5 aliphatic carbocycles. The number of carboxylic acids is 1. The van der Waals surface area contributed by atoms with Crippen molar-refractivity contribution in [3.63, 3.8) is 0 Å². The topological polar surface area (TPSA) is 54.4 Å². The smallest absolute Gasteiger partial charge is 0.309 e. The first-order valence-corrected chi connectivity index (χ1v) is 13.6. The van der Waals surface area contributed by atoms with Gasteiger partial charge >= 0.3 is 5.97 Å². The van der Waals surface area contributed by atoms with Gasteiger partial charge in [-0.1, -0.05) is 53.2 Å². The molecule has 0 unspecified atom stereocenters. The van der Waals surface area contributed by atoms with Crippen LogP contribution in [0.25, 0.3) is 0 Å². The van der Waals surface area contributed by atoms with Crippen molar-refractivity contribution < 1.29 is 14.7 Å². The molecule has 1 N–H and O–H groups in total. The summed E-state index contributed by atoms with van der Waals surface area (Å²) in [5.41, 5.74) is 1.32. The van der Waals surface area contributed by atoms with E-state index in [1.54, 1.807) is 5.57 Å². The number of hydrogen-bond donors (Lipinski definition) is 1. The summed E-state index contributed by atoms with van der Waals surface area (Å²) in [7, 11) is 0. The zero-order chi connectivity index (χ0) is 24.2. The lowest BCUT2D eigenvalue weighted by Gasteiger charge is -2.70. The molecule has 0 heterocycles. The molecule has 0 aliphatic heterocycles. The number of carbonyl (C=O) groups excluding carboxylic acids is 1. The van der Waals surface area contributed by atoms with E-state index in [0.29, 0.717) is 23.5 Å². The molecular formula is C30H46O3. The van der Waals surface area contributed by atoms with Crippen molar-refractivity contribution in [3.8, 4) is 0 Å². The van der Waals surface area contributed by atoms with Gasteiger partial charge in [0.1, 0.15) is 5.78 Å². The quantitative estimate of drug-likeness (QED) is 0.419. The standard InChI is InChI=1S/C30H46O3/c1-25(2)12-11-23(31)30(7)21(25)10-13-29(6)22(30)9-8-19-20-18-27(4,24(32)33)15-14-26(20,3)16-17-28(19,29)5/h8,20-22H,9-18H2,1-7H3,(H,32,33)/t20-,21-,22-,26+,27+,28+,29+,30-/m0/s1. The molecule has 0 aromatic carbocycles. The molecule has 3 nitrogen and oxygen atoms in total. The first kappa shape index (κ1) is 23.6. The van der Waals surface area contributed by atoms with E-state index in [-0.39, 0.29) is 27.1 Å². The van der Waals surface area contributed by atoms with Gasteiger partial charge in [0.2, 0.25) is 0 Å². The van der Waals surface area contributed by atoms with E-state index in [1.807, 2.05) is 6.92 Å². The van der Waals surface area contributed by atoms with Crippen molar-refractivity contribution in [2.75, 3.05) is 0 Å². The van der Waals surface area contributed by atoms with E-state index in [0.717, 1.165) is 44.9 Å². The van der Waals surface area contributed by atoms with Gasteiger partial charge in [0.05, 0.1) is 5.41 Å². The zero-order valence-electron chi connectivity index (χ0n) is 22.1. The first-order valence-electron chi connectivity index (χ1n) is 13.6. The maximum absolute atomic E-state index is 13.7. The highest BCUT2D eigenvalue weighted by atomic mass is 16.4. The molecule has 0 spiro atoms. The van der Waals surface area contributed by atoms with Crippen LogP contribution in [0.15, 0.2) is 11.6 Å². The fourth-order valence-corrected chi connectivity index (χ4v) is 10.3. The molecular weight excluding hydrogens is 408 g/mol. The van der Waals surface area contributed by atoms with E-state index >= 15 is 0 Å². The number of Topliss-reactive ketones (excluding diaryl/α,β-unsaturated/α-hetero) is 1. The maximum Gasteiger partial charge on any atom is 0.309 e. The Balaban J connectivity index is 1.60. The van der Waals surface area contributed by atoms with Gasteiger partial charge in [0.15, 0.2) is 0 Å². The summed E-state index contributed by atoms with van der Waals surface area (Å²) >= 11 is 0. The van der Waals surface area contributed by atoms with Crippen molar-refractivity contribution in [2.45, 2.75) is 113 Å². The molecule has 0 amide bonds. The molecule has 0 aromatic heterocycles. The number of carbonyl (C=O) groups is 2. The van der Waals surface area contributed by atoms with Crippen LogP contribution in [0.5, 0.6) is 0 Å². The third-order valence-corrected chi connectivity index (χ3v) is 13.0. The van der Waals surface area contributed by atoms with Gasteiger partial charge in [0.25, 0.3) is 0 Å². The number of rotatable bonds is 1. The molecule has 33 heavy (non-hydrogen) atoms. The van der Waals surface area contributed by atoms with E-state index < -0.39 is 11.4 Å². The molecule has 5 rings (SSSR count). The predicted octanol–water partition coefficient (Wildman–Crippen LogP) is 7.44.